The van der Waals surface area contributed by atoms with Crippen molar-refractivity contribution >= 4 is 16.7 Å². The molecule has 0 aliphatic carbocycles. The van der Waals surface area contributed by atoms with Crippen molar-refractivity contribution in [3.05, 3.63) is 51.5 Å². The van der Waals surface area contributed by atoms with Crippen LogP contribution in [0.2, 0.25) is 0 Å². The molecule has 0 bridgehead atoms. The van der Waals surface area contributed by atoms with Gasteiger partial charge in [0.25, 0.3) is 5.56 Å². The number of halogens is 1. The number of nitrogens with one attached hydrogen (secondary N) is 1. The summed E-state index contributed by atoms with van der Waals surface area (Å²) in [5, 5.41) is 4.53. The molecular formula is C17H18FN5O. The fraction of sp³-hybridized carbons (Fsp3) is 0.353. The third-order valence-corrected chi connectivity index (χ3v) is 4.47. The van der Waals surface area contributed by atoms with Gasteiger partial charge in [-0.2, -0.15) is 5.10 Å². The van der Waals surface area contributed by atoms with Gasteiger partial charge in [-0.15, -0.1) is 0 Å². The molecule has 1 aromatic carbocycles. The number of hydrogen-bond donors (Lipinski definition) is 1. The Balaban J connectivity index is 1.75. The molecule has 0 amide bonds. The van der Waals surface area contributed by atoms with E-state index in [1.807, 2.05) is 17.9 Å². The molecule has 0 saturated heterocycles. The zero-order valence-electron chi connectivity index (χ0n) is 13.6. The van der Waals surface area contributed by atoms with E-state index in [9.17, 15) is 9.18 Å². The molecule has 3 aromatic rings. The lowest BCUT2D eigenvalue weighted by Crippen LogP contribution is -2.31. The van der Waals surface area contributed by atoms with Gasteiger partial charge in [-0.05, 0) is 37.0 Å². The van der Waals surface area contributed by atoms with Gasteiger partial charge in [0.15, 0.2) is 5.65 Å². The first kappa shape index (κ1) is 14.9. The van der Waals surface area contributed by atoms with Gasteiger partial charge in [-0.3, -0.25) is 9.48 Å². The van der Waals surface area contributed by atoms with Crippen molar-refractivity contribution < 1.29 is 4.39 Å². The second-order valence-electron chi connectivity index (χ2n) is 6.30. The number of fused-ring (bicyclic) bond motifs is 2. The van der Waals surface area contributed by atoms with Crippen LogP contribution in [0.5, 0.6) is 0 Å². The number of aromatic nitrogens is 4. The first-order chi connectivity index (χ1) is 11.5. The molecule has 0 radical (unpaired) electrons. The van der Waals surface area contributed by atoms with E-state index in [-0.39, 0.29) is 11.4 Å². The van der Waals surface area contributed by atoms with Crippen LogP contribution in [0.3, 0.4) is 0 Å². The number of hydrogen-bond acceptors (Lipinski definition) is 4. The normalized spacial score (nSPS) is 14.2. The molecule has 2 aromatic heterocycles. The summed E-state index contributed by atoms with van der Waals surface area (Å²) in [6.07, 6.45) is 3.33. The summed E-state index contributed by atoms with van der Waals surface area (Å²) >= 11 is 0. The SMILES string of the molecule is Cc1cc(F)c2c(c1)CCCN2Cc1nc2c(cnn2C)c(=O)[nH]1. The first-order valence-corrected chi connectivity index (χ1v) is 7.98. The van der Waals surface area contributed by atoms with Crippen molar-refractivity contribution in [1.82, 2.24) is 19.7 Å². The second kappa shape index (κ2) is 5.43. The summed E-state index contributed by atoms with van der Waals surface area (Å²) in [5.41, 5.74) is 2.89. The maximum Gasteiger partial charge on any atom is 0.262 e. The Morgan fingerprint density at radius 2 is 2.21 bits per heavy atom. The van der Waals surface area contributed by atoms with Gasteiger partial charge >= 0.3 is 0 Å². The lowest BCUT2D eigenvalue weighted by atomic mass is 9.99. The van der Waals surface area contributed by atoms with Crippen LogP contribution in [-0.2, 0) is 20.0 Å². The Kier molecular flexibility index (Phi) is 3.37. The van der Waals surface area contributed by atoms with Crippen LogP contribution in [0, 0.1) is 12.7 Å². The van der Waals surface area contributed by atoms with Crippen LogP contribution in [-0.4, -0.2) is 26.3 Å². The molecule has 1 N–H and O–H groups in total. The van der Waals surface area contributed by atoms with Gasteiger partial charge in [0, 0.05) is 13.6 Å². The number of H-pyrrole nitrogens is 1. The molecule has 1 aliphatic rings. The second-order valence-corrected chi connectivity index (χ2v) is 6.30. The van der Waals surface area contributed by atoms with Gasteiger partial charge in [0.1, 0.15) is 17.0 Å². The van der Waals surface area contributed by atoms with Crippen molar-refractivity contribution in [1.29, 1.82) is 0 Å². The third-order valence-electron chi connectivity index (χ3n) is 4.47. The Morgan fingerprint density at radius 3 is 3.04 bits per heavy atom. The predicted molar refractivity (Wildman–Crippen MR) is 89.6 cm³/mol. The van der Waals surface area contributed by atoms with Crippen LogP contribution in [0.4, 0.5) is 10.1 Å². The average Bonchev–Trinajstić information content (AvgIpc) is 2.89. The fourth-order valence-electron chi connectivity index (χ4n) is 3.42. The Labute approximate surface area is 137 Å². The standard InChI is InChI=1S/C17H18FN5O/c1-10-6-11-4-3-5-23(15(11)13(18)7-10)9-14-20-16-12(17(24)21-14)8-19-22(16)2/h6-8H,3-5,9H2,1-2H3,(H,20,21,24). The number of nitrogens with zero attached hydrogens (tertiary/aromatic N) is 4. The summed E-state index contributed by atoms with van der Waals surface area (Å²) < 4.78 is 16.1. The minimum absolute atomic E-state index is 0.214. The van der Waals surface area contributed by atoms with Crippen LogP contribution in [0.15, 0.2) is 23.1 Å². The van der Waals surface area contributed by atoms with Crippen molar-refractivity contribution in [3.8, 4) is 0 Å². The summed E-state index contributed by atoms with van der Waals surface area (Å²) in [6.45, 7) is 3.00. The topological polar surface area (TPSA) is 66.8 Å². The van der Waals surface area contributed by atoms with Crippen molar-refractivity contribution in [2.24, 2.45) is 7.05 Å². The van der Waals surface area contributed by atoms with E-state index in [1.54, 1.807) is 17.8 Å². The molecule has 0 unspecified atom stereocenters. The highest BCUT2D eigenvalue weighted by Crippen LogP contribution is 2.31. The van der Waals surface area contributed by atoms with Crippen molar-refractivity contribution in [2.75, 3.05) is 11.4 Å². The smallest absolute Gasteiger partial charge is 0.262 e. The molecule has 0 spiro atoms. The molecule has 0 fully saturated rings. The minimum atomic E-state index is -0.218. The van der Waals surface area contributed by atoms with Gasteiger partial charge < -0.3 is 9.88 Å². The summed E-state index contributed by atoms with van der Waals surface area (Å²) in [4.78, 5) is 21.4. The molecule has 7 heteroatoms. The molecular weight excluding hydrogens is 309 g/mol. The maximum absolute atomic E-state index is 14.5. The highest BCUT2D eigenvalue weighted by molar-refractivity contribution is 5.73. The van der Waals surface area contributed by atoms with E-state index >= 15 is 0 Å². The molecule has 124 valence electrons. The summed E-state index contributed by atoms with van der Waals surface area (Å²) in [7, 11) is 1.75. The number of rotatable bonds is 2. The molecule has 0 atom stereocenters. The van der Waals surface area contributed by atoms with Crippen LogP contribution >= 0.6 is 0 Å². The lowest BCUT2D eigenvalue weighted by molar-refractivity contribution is 0.590. The predicted octanol–water partition coefficient (Wildman–Crippen LogP) is 2.06. The zero-order chi connectivity index (χ0) is 16.8. The van der Waals surface area contributed by atoms with E-state index in [0.717, 1.165) is 30.5 Å². The molecule has 1 aliphatic heterocycles. The molecule has 3 heterocycles. The molecule has 24 heavy (non-hydrogen) atoms. The third kappa shape index (κ3) is 2.36. The number of benzene rings is 1. The van der Waals surface area contributed by atoms with Crippen molar-refractivity contribution in [2.45, 2.75) is 26.3 Å². The van der Waals surface area contributed by atoms with Crippen LogP contribution in [0.1, 0.15) is 23.4 Å². The quantitative estimate of drug-likeness (QED) is 0.782. The Hall–Kier alpha value is -2.70. The average molecular weight is 327 g/mol. The molecule has 6 nitrogen and oxygen atoms in total. The Bertz CT molecular complexity index is 991. The largest absolute Gasteiger partial charge is 0.361 e. The van der Waals surface area contributed by atoms with E-state index in [1.165, 1.54) is 6.20 Å². The number of anilines is 1. The van der Waals surface area contributed by atoms with Gasteiger partial charge in [-0.1, -0.05) is 6.07 Å². The fourth-order valence-corrected chi connectivity index (χ4v) is 3.42. The summed E-state index contributed by atoms with van der Waals surface area (Å²) in [5.74, 6) is 0.303. The highest BCUT2D eigenvalue weighted by Gasteiger charge is 2.22. The van der Waals surface area contributed by atoms with E-state index < -0.39 is 0 Å². The van der Waals surface area contributed by atoms with Crippen molar-refractivity contribution in [3.63, 3.8) is 0 Å². The molecule has 0 saturated carbocycles. The van der Waals surface area contributed by atoms with E-state index in [4.69, 9.17) is 0 Å². The highest BCUT2D eigenvalue weighted by atomic mass is 19.1. The maximum atomic E-state index is 14.5. The monoisotopic (exact) mass is 327 g/mol. The number of aryl methyl sites for hydroxylation is 3. The summed E-state index contributed by atoms with van der Waals surface area (Å²) in [6, 6.07) is 3.59. The van der Waals surface area contributed by atoms with Gasteiger partial charge in [0.05, 0.1) is 18.4 Å². The Morgan fingerprint density at radius 1 is 1.38 bits per heavy atom. The minimum Gasteiger partial charge on any atom is -0.361 e. The van der Waals surface area contributed by atoms with E-state index in [0.29, 0.717) is 29.1 Å². The van der Waals surface area contributed by atoms with Crippen LogP contribution in [0.25, 0.3) is 11.0 Å². The first-order valence-electron chi connectivity index (χ1n) is 7.98. The van der Waals surface area contributed by atoms with Gasteiger partial charge in [-0.25, -0.2) is 9.37 Å². The lowest BCUT2D eigenvalue weighted by Gasteiger charge is -2.31. The number of aromatic amines is 1. The van der Waals surface area contributed by atoms with Gasteiger partial charge in [0.2, 0.25) is 0 Å². The van der Waals surface area contributed by atoms with Crippen LogP contribution < -0.4 is 10.5 Å². The zero-order valence-corrected chi connectivity index (χ0v) is 13.6. The van der Waals surface area contributed by atoms with E-state index in [2.05, 4.69) is 15.1 Å². The molecule has 4 rings (SSSR count).